The van der Waals surface area contributed by atoms with Crippen LogP contribution in [0, 0.1) is 0 Å². The van der Waals surface area contributed by atoms with Gasteiger partial charge in [0.15, 0.2) is 0 Å². The highest BCUT2D eigenvalue weighted by Crippen LogP contribution is 2.42. The van der Waals surface area contributed by atoms with Crippen LogP contribution in [0.15, 0.2) is 72.8 Å². The summed E-state index contributed by atoms with van der Waals surface area (Å²) in [4.78, 5) is 0. The lowest BCUT2D eigenvalue weighted by Gasteiger charge is -2.01. The molecule has 24 heavy (non-hydrogen) atoms. The molecule has 0 radical (unpaired) electrons. The Morgan fingerprint density at radius 1 is 0.458 bits per heavy atom. The van der Waals surface area contributed by atoms with Crippen LogP contribution in [0.25, 0.3) is 51.1 Å². The van der Waals surface area contributed by atoms with E-state index in [0.29, 0.717) is 0 Å². The summed E-state index contributed by atoms with van der Waals surface area (Å²) in [6, 6.07) is 26.8. The van der Waals surface area contributed by atoms with E-state index in [2.05, 4.69) is 72.8 Å². The Bertz CT molecular complexity index is 1400. The van der Waals surface area contributed by atoms with Crippen LogP contribution in [0.3, 0.4) is 0 Å². The van der Waals surface area contributed by atoms with Crippen LogP contribution in [-0.4, -0.2) is 0 Å². The topological polar surface area (TPSA) is 0 Å². The molecule has 2 heteroatoms. The van der Waals surface area contributed by atoms with Gasteiger partial charge in [-0.1, -0.05) is 48.5 Å². The first kappa shape index (κ1) is 12.9. The van der Waals surface area contributed by atoms with E-state index in [1.165, 1.54) is 51.1 Å². The second-order valence-corrected chi connectivity index (χ2v) is 8.34. The summed E-state index contributed by atoms with van der Waals surface area (Å²) in [7, 11) is 0. The fourth-order valence-electron chi connectivity index (χ4n) is 3.73. The minimum absolute atomic E-state index is 1.34. The molecule has 0 fully saturated rings. The molecule has 0 bridgehead atoms. The highest BCUT2D eigenvalue weighted by molar-refractivity contribution is 7.27. The number of fused-ring (bicyclic) bond motifs is 8. The van der Waals surface area contributed by atoms with E-state index < -0.39 is 0 Å². The Morgan fingerprint density at radius 2 is 1.17 bits per heavy atom. The van der Waals surface area contributed by atoms with Crippen LogP contribution in [0.5, 0.6) is 0 Å². The van der Waals surface area contributed by atoms with Gasteiger partial charge in [-0.2, -0.15) is 0 Å². The molecule has 0 saturated carbocycles. The maximum absolute atomic E-state index is 2.40. The number of hydrogen-bond acceptors (Lipinski definition) is 2. The maximum Gasteiger partial charge on any atom is 0.0434 e. The van der Waals surface area contributed by atoms with Crippen molar-refractivity contribution in [1.82, 2.24) is 0 Å². The smallest absolute Gasteiger partial charge is 0.0434 e. The molecule has 0 nitrogen and oxygen atoms in total. The van der Waals surface area contributed by atoms with Gasteiger partial charge in [-0.25, -0.2) is 0 Å². The molecule has 0 saturated heterocycles. The third-order valence-corrected chi connectivity index (χ3v) is 7.21. The zero-order chi connectivity index (χ0) is 15.7. The van der Waals surface area contributed by atoms with E-state index in [0.717, 1.165) is 0 Å². The second-order valence-electron chi connectivity index (χ2n) is 6.21. The predicted octanol–water partition coefficient (Wildman–Crippen LogP) is 7.58. The lowest BCUT2D eigenvalue weighted by Crippen LogP contribution is -1.74. The first-order valence-electron chi connectivity index (χ1n) is 8.04. The minimum atomic E-state index is 1.34. The van der Waals surface area contributed by atoms with Crippen LogP contribution in [-0.2, 0) is 0 Å². The summed E-state index contributed by atoms with van der Waals surface area (Å²) in [5.74, 6) is 0. The van der Waals surface area contributed by atoms with Crippen molar-refractivity contribution in [3.8, 4) is 0 Å². The van der Waals surface area contributed by atoms with Crippen LogP contribution in [0.4, 0.5) is 0 Å². The average molecular weight is 340 g/mol. The number of hydrogen-bond donors (Lipinski definition) is 0. The Labute approximate surface area is 146 Å². The molecular weight excluding hydrogens is 328 g/mol. The monoisotopic (exact) mass is 340 g/mol. The maximum atomic E-state index is 2.40. The van der Waals surface area contributed by atoms with E-state index in [1.807, 2.05) is 22.7 Å². The molecule has 0 N–H and O–H groups in total. The van der Waals surface area contributed by atoms with Gasteiger partial charge in [-0.05, 0) is 29.7 Å². The van der Waals surface area contributed by atoms with E-state index in [9.17, 15) is 0 Å². The van der Waals surface area contributed by atoms with Gasteiger partial charge in [0.25, 0.3) is 0 Å². The van der Waals surface area contributed by atoms with Gasteiger partial charge >= 0.3 is 0 Å². The van der Waals surface area contributed by atoms with Gasteiger partial charge in [0.1, 0.15) is 0 Å². The molecule has 0 aliphatic heterocycles. The SMILES string of the molecule is c1ccc2c(c1)sc1cc3ccc4c5ccccc5sc4c3cc12. The molecule has 2 heterocycles. The molecular formula is C22H12S2. The van der Waals surface area contributed by atoms with Crippen molar-refractivity contribution in [3.05, 3.63) is 72.8 Å². The number of benzene rings is 4. The first-order chi connectivity index (χ1) is 11.9. The molecule has 6 rings (SSSR count). The van der Waals surface area contributed by atoms with Gasteiger partial charge in [-0.3, -0.25) is 0 Å². The van der Waals surface area contributed by atoms with Gasteiger partial charge in [-0.15, -0.1) is 22.7 Å². The van der Waals surface area contributed by atoms with Gasteiger partial charge in [0.2, 0.25) is 0 Å². The van der Waals surface area contributed by atoms with Crippen LogP contribution < -0.4 is 0 Å². The molecule has 0 unspecified atom stereocenters. The summed E-state index contributed by atoms with van der Waals surface area (Å²) >= 11 is 3.80. The molecule has 0 aliphatic carbocycles. The molecule has 4 aromatic carbocycles. The Morgan fingerprint density at radius 3 is 2.00 bits per heavy atom. The quantitative estimate of drug-likeness (QED) is 0.267. The van der Waals surface area contributed by atoms with Crippen molar-refractivity contribution in [3.63, 3.8) is 0 Å². The minimum Gasteiger partial charge on any atom is -0.135 e. The van der Waals surface area contributed by atoms with E-state index in [4.69, 9.17) is 0 Å². The van der Waals surface area contributed by atoms with Gasteiger partial charge < -0.3 is 0 Å². The van der Waals surface area contributed by atoms with E-state index >= 15 is 0 Å². The zero-order valence-electron chi connectivity index (χ0n) is 12.7. The molecule has 6 aromatic rings. The number of rotatable bonds is 0. The predicted molar refractivity (Wildman–Crippen MR) is 110 cm³/mol. The molecule has 0 aliphatic rings. The Balaban J connectivity index is 1.87. The molecule has 0 spiro atoms. The summed E-state index contributed by atoms with van der Waals surface area (Å²) in [6.07, 6.45) is 0. The average Bonchev–Trinajstić information content (AvgIpc) is 3.18. The molecule has 0 amide bonds. The van der Waals surface area contributed by atoms with Crippen molar-refractivity contribution in [1.29, 1.82) is 0 Å². The summed E-state index contributed by atoms with van der Waals surface area (Å²) in [5.41, 5.74) is 0. The zero-order valence-corrected chi connectivity index (χ0v) is 14.4. The summed E-state index contributed by atoms with van der Waals surface area (Å²) in [5, 5.41) is 8.22. The van der Waals surface area contributed by atoms with E-state index in [-0.39, 0.29) is 0 Å². The van der Waals surface area contributed by atoms with Crippen LogP contribution in [0.1, 0.15) is 0 Å². The lowest BCUT2D eigenvalue weighted by atomic mass is 10.0. The fraction of sp³-hybridized carbons (Fsp3) is 0. The highest BCUT2D eigenvalue weighted by Gasteiger charge is 2.11. The molecule has 112 valence electrons. The molecule has 0 atom stereocenters. The van der Waals surface area contributed by atoms with Crippen molar-refractivity contribution >= 4 is 73.8 Å². The van der Waals surface area contributed by atoms with Crippen molar-refractivity contribution in [2.75, 3.05) is 0 Å². The summed E-state index contributed by atoms with van der Waals surface area (Å²) < 4.78 is 5.53. The standard InChI is InChI=1S/C22H12S2/c1-4-8-20-14(5-1)16-10-9-13-11-21-18(12-17(13)22(16)24-20)15-6-2-3-7-19(15)23-21/h1-12H. The molecule has 2 aromatic heterocycles. The first-order valence-corrected chi connectivity index (χ1v) is 9.67. The Kier molecular flexibility index (Phi) is 2.46. The van der Waals surface area contributed by atoms with Crippen molar-refractivity contribution in [2.45, 2.75) is 0 Å². The van der Waals surface area contributed by atoms with Crippen LogP contribution in [0.2, 0.25) is 0 Å². The summed E-state index contributed by atoms with van der Waals surface area (Å²) in [6.45, 7) is 0. The Hall–Kier alpha value is -2.42. The van der Waals surface area contributed by atoms with Crippen molar-refractivity contribution < 1.29 is 0 Å². The fourth-order valence-corrected chi connectivity index (χ4v) is 6.09. The largest absolute Gasteiger partial charge is 0.135 e. The van der Waals surface area contributed by atoms with Gasteiger partial charge in [0, 0.05) is 45.7 Å². The second kappa shape index (κ2) is 4.56. The highest BCUT2D eigenvalue weighted by atomic mass is 32.1. The normalized spacial score (nSPS) is 12.2. The third kappa shape index (κ3) is 1.62. The van der Waals surface area contributed by atoms with E-state index in [1.54, 1.807) is 0 Å². The van der Waals surface area contributed by atoms with Crippen molar-refractivity contribution in [2.24, 2.45) is 0 Å². The third-order valence-electron chi connectivity index (χ3n) is 4.86. The van der Waals surface area contributed by atoms with Crippen LogP contribution >= 0.6 is 22.7 Å². The van der Waals surface area contributed by atoms with Gasteiger partial charge in [0.05, 0.1) is 0 Å². The number of thiophene rings is 2. The lowest BCUT2D eigenvalue weighted by molar-refractivity contribution is 1.86.